The van der Waals surface area contributed by atoms with Crippen LogP contribution in [0.25, 0.3) is 0 Å². The Bertz CT molecular complexity index is 589. The molecule has 0 aliphatic rings. The molecule has 4 heteroatoms. The molecule has 112 valence electrons. The van der Waals surface area contributed by atoms with Gasteiger partial charge in [0.2, 0.25) is 0 Å². The molecule has 2 rings (SSSR count). The van der Waals surface area contributed by atoms with Gasteiger partial charge in [-0.05, 0) is 37.5 Å². The van der Waals surface area contributed by atoms with Crippen LogP contribution in [-0.2, 0) is 6.42 Å². The first kappa shape index (κ1) is 15.3. The van der Waals surface area contributed by atoms with E-state index in [1.807, 2.05) is 43.0 Å². The minimum absolute atomic E-state index is 0.0296. The van der Waals surface area contributed by atoms with Gasteiger partial charge < -0.3 is 15.6 Å². The van der Waals surface area contributed by atoms with Crippen molar-refractivity contribution in [2.75, 3.05) is 19.6 Å². The smallest absolute Gasteiger partial charge is 0.270 e. The third-order valence-corrected chi connectivity index (χ3v) is 3.56. The topological polar surface area (TPSA) is 62.1 Å². The summed E-state index contributed by atoms with van der Waals surface area (Å²) in [7, 11) is 0. The van der Waals surface area contributed by atoms with Gasteiger partial charge in [-0.3, -0.25) is 4.79 Å². The van der Waals surface area contributed by atoms with Gasteiger partial charge in [0, 0.05) is 25.3 Å². The van der Waals surface area contributed by atoms with E-state index in [0.717, 1.165) is 17.7 Å². The molecule has 1 heterocycles. The lowest BCUT2D eigenvalue weighted by atomic mass is 10.1. The minimum atomic E-state index is 0.0296. The summed E-state index contributed by atoms with van der Waals surface area (Å²) in [5.74, 6) is 0.0296. The van der Waals surface area contributed by atoms with Crippen molar-refractivity contribution in [1.29, 1.82) is 0 Å². The van der Waals surface area contributed by atoms with Crippen molar-refractivity contribution in [3.8, 4) is 0 Å². The number of carbonyl (C=O) groups is 1. The van der Waals surface area contributed by atoms with Crippen molar-refractivity contribution in [2.24, 2.45) is 5.73 Å². The van der Waals surface area contributed by atoms with Crippen LogP contribution in [0.3, 0.4) is 0 Å². The number of hydrogen-bond acceptors (Lipinski definition) is 2. The van der Waals surface area contributed by atoms with Gasteiger partial charge in [0.1, 0.15) is 5.69 Å². The van der Waals surface area contributed by atoms with E-state index in [1.165, 1.54) is 5.56 Å². The highest BCUT2D eigenvalue weighted by molar-refractivity contribution is 5.94. The van der Waals surface area contributed by atoms with E-state index in [2.05, 4.69) is 17.1 Å². The molecule has 0 aliphatic carbocycles. The van der Waals surface area contributed by atoms with Gasteiger partial charge in [0.25, 0.3) is 5.91 Å². The number of aryl methyl sites for hydroxylation is 2. The van der Waals surface area contributed by atoms with Gasteiger partial charge >= 0.3 is 0 Å². The van der Waals surface area contributed by atoms with E-state index in [-0.39, 0.29) is 5.91 Å². The van der Waals surface area contributed by atoms with E-state index in [1.54, 1.807) is 0 Å². The second kappa shape index (κ2) is 7.09. The Morgan fingerprint density at radius 3 is 2.48 bits per heavy atom. The molecule has 1 amide bonds. The van der Waals surface area contributed by atoms with Crippen molar-refractivity contribution >= 4 is 5.91 Å². The van der Waals surface area contributed by atoms with Crippen molar-refractivity contribution < 1.29 is 4.79 Å². The number of nitrogens with two attached hydrogens (primary N) is 1. The normalized spacial score (nSPS) is 10.6. The summed E-state index contributed by atoms with van der Waals surface area (Å²) in [6, 6.07) is 12.2. The lowest BCUT2D eigenvalue weighted by Gasteiger charge is -2.22. The van der Waals surface area contributed by atoms with Crippen molar-refractivity contribution in [2.45, 2.75) is 20.3 Å². The van der Waals surface area contributed by atoms with Gasteiger partial charge in [-0.1, -0.05) is 30.3 Å². The summed E-state index contributed by atoms with van der Waals surface area (Å²) < 4.78 is 0. The molecule has 1 aromatic heterocycles. The highest BCUT2D eigenvalue weighted by atomic mass is 16.2. The maximum absolute atomic E-state index is 12.6. The van der Waals surface area contributed by atoms with Gasteiger partial charge in [-0.2, -0.15) is 0 Å². The van der Waals surface area contributed by atoms with Crippen LogP contribution in [0.2, 0.25) is 0 Å². The zero-order valence-electron chi connectivity index (χ0n) is 12.7. The molecule has 0 bridgehead atoms. The predicted octanol–water partition coefficient (Wildman–Crippen LogP) is 2.28. The average Bonchev–Trinajstić information content (AvgIpc) is 2.82. The molecule has 0 unspecified atom stereocenters. The fourth-order valence-corrected chi connectivity index (χ4v) is 2.49. The standard InChI is InChI=1S/C17H23N3O/c1-13-12-14(2)19-16(13)17(21)20(11-9-18)10-8-15-6-4-3-5-7-15/h3-7,12,19H,8-11,18H2,1-2H3. The molecule has 0 saturated heterocycles. The molecule has 0 radical (unpaired) electrons. The van der Waals surface area contributed by atoms with E-state index in [4.69, 9.17) is 5.73 Å². The van der Waals surface area contributed by atoms with E-state index in [0.29, 0.717) is 25.3 Å². The van der Waals surface area contributed by atoms with Gasteiger partial charge in [0.05, 0.1) is 0 Å². The maximum atomic E-state index is 12.6. The number of aromatic amines is 1. The summed E-state index contributed by atoms with van der Waals surface area (Å²) in [6.45, 7) is 5.63. The lowest BCUT2D eigenvalue weighted by Crippen LogP contribution is -2.37. The van der Waals surface area contributed by atoms with Gasteiger partial charge in [0.15, 0.2) is 0 Å². The summed E-state index contributed by atoms with van der Waals surface area (Å²) in [5.41, 5.74) is 9.55. The first-order chi connectivity index (χ1) is 10.1. The van der Waals surface area contributed by atoms with Crippen LogP contribution < -0.4 is 5.73 Å². The maximum Gasteiger partial charge on any atom is 0.270 e. The molecule has 21 heavy (non-hydrogen) atoms. The highest BCUT2D eigenvalue weighted by Gasteiger charge is 2.18. The van der Waals surface area contributed by atoms with E-state index >= 15 is 0 Å². The summed E-state index contributed by atoms with van der Waals surface area (Å²) >= 11 is 0. The van der Waals surface area contributed by atoms with Gasteiger partial charge in [-0.25, -0.2) is 0 Å². The highest BCUT2D eigenvalue weighted by Crippen LogP contribution is 2.12. The van der Waals surface area contributed by atoms with E-state index in [9.17, 15) is 4.79 Å². The first-order valence-electron chi connectivity index (χ1n) is 7.31. The predicted molar refractivity (Wildman–Crippen MR) is 85.4 cm³/mol. The molecular formula is C17H23N3O. The quantitative estimate of drug-likeness (QED) is 0.855. The van der Waals surface area contributed by atoms with E-state index < -0.39 is 0 Å². The monoisotopic (exact) mass is 285 g/mol. The number of nitrogens with zero attached hydrogens (tertiary/aromatic N) is 1. The lowest BCUT2D eigenvalue weighted by molar-refractivity contribution is 0.0756. The summed E-state index contributed by atoms with van der Waals surface area (Å²) in [5, 5.41) is 0. The van der Waals surface area contributed by atoms with Crippen LogP contribution in [0.1, 0.15) is 27.3 Å². The Labute approximate surface area is 126 Å². The summed E-state index contributed by atoms with van der Waals surface area (Å²) in [4.78, 5) is 17.6. The number of aromatic nitrogens is 1. The molecule has 3 N–H and O–H groups in total. The van der Waals surface area contributed by atoms with Crippen LogP contribution in [0.4, 0.5) is 0 Å². The fraction of sp³-hybridized carbons (Fsp3) is 0.353. The molecule has 2 aromatic rings. The van der Waals surface area contributed by atoms with Crippen molar-refractivity contribution in [1.82, 2.24) is 9.88 Å². The summed E-state index contributed by atoms with van der Waals surface area (Å²) in [6.07, 6.45) is 0.839. The Kier molecular flexibility index (Phi) is 5.17. The Balaban J connectivity index is 2.07. The third kappa shape index (κ3) is 3.95. The molecule has 1 aromatic carbocycles. The second-order valence-corrected chi connectivity index (χ2v) is 5.33. The molecule has 0 saturated carbocycles. The molecule has 0 spiro atoms. The van der Waals surface area contributed by atoms with Crippen LogP contribution in [0, 0.1) is 13.8 Å². The zero-order chi connectivity index (χ0) is 15.2. The molecule has 0 atom stereocenters. The number of carbonyl (C=O) groups excluding carboxylic acids is 1. The number of nitrogens with one attached hydrogen (secondary N) is 1. The number of hydrogen-bond donors (Lipinski definition) is 2. The molecular weight excluding hydrogens is 262 g/mol. The van der Waals surface area contributed by atoms with Crippen LogP contribution in [-0.4, -0.2) is 35.4 Å². The molecule has 0 fully saturated rings. The van der Waals surface area contributed by atoms with Gasteiger partial charge in [-0.15, -0.1) is 0 Å². The zero-order valence-corrected chi connectivity index (χ0v) is 12.7. The third-order valence-electron chi connectivity index (χ3n) is 3.56. The Morgan fingerprint density at radius 2 is 1.90 bits per heavy atom. The minimum Gasteiger partial charge on any atom is -0.354 e. The Morgan fingerprint density at radius 1 is 1.19 bits per heavy atom. The Hall–Kier alpha value is -2.07. The second-order valence-electron chi connectivity index (χ2n) is 5.33. The number of rotatable bonds is 6. The molecule has 0 aliphatic heterocycles. The SMILES string of the molecule is Cc1cc(C)c(C(=O)N(CCN)CCc2ccccc2)[nH]1. The first-order valence-corrected chi connectivity index (χ1v) is 7.31. The van der Waals surface area contributed by atoms with Crippen LogP contribution >= 0.6 is 0 Å². The average molecular weight is 285 g/mol. The fourth-order valence-electron chi connectivity index (χ4n) is 2.49. The number of amides is 1. The van der Waals surface area contributed by atoms with Crippen molar-refractivity contribution in [3.63, 3.8) is 0 Å². The van der Waals surface area contributed by atoms with Crippen molar-refractivity contribution in [3.05, 3.63) is 58.9 Å². The van der Waals surface area contributed by atoms with Crippen LogP contribution in [0.5, 0.6) is 0 Å². The molecule has 4 nitrogen and oxygen atoms in total. The largest absolute Gasteiger partial charge is 0.354 e. The van der Waals surface area contributed by atoms with Crippen LogP contribution in [0.15, 0.2) is 36.4 Å². The number of H-pyrrole nitrogens is 1. The number of benzene rings is 1.